The minimum absolute atomic E-state index is 0.00361. The summed E-state index contributed by atoms with van der Waals surface area (Å²) in [7, 11) is 0. The van der Waals surface area contributed by atoms with Crippen LogP contribution in [-0.2, 0) is 16.0 Å². The highest BCUT2D eigenvalue weighted by atomic mass is 32.1. The lowest BCUT2D eigenvalue weighted by Crippen LogP contribution is -2.47. The Morgan fingerprint density at radius 1 is 1.24 bits per heavy atom. The molecule has 0 saturated carbocycles. The van der Waals surface area contributed by atoms with Gasteiger partial charge in [-0.05, 0) is 53.7 Å². The number of carbonyl (C=O) groups is 2. The number of hydrogen-bond donors (Lipinski definition) is 0. The summed E-state index contributed by atoms with van der Waals surface area (Å²) in [5.41, 5.74) is 3.70. The first-order valence-corrected chi connectivity index (χ1v) is 12.8. The summed E-state index contributed by atoms with van der Waals surface area (Å²) >= 11 is 1.76. The van der Waals surface area contributed by atoms with Gasteiger partial charge < -0.3 is 9.80 Å². The van der Waals surface area contributed by atoms with Crippen molar-refractivity contribution < 1.29 is 9.59 Å². The molecule has 1 aliphatic heterocycles. The van der Waals surface area contributed by atoms with Crippen molar-refractivity contribution in [3.63, 3.8) is 0 Å². The first-order chi connectivity index (χ1) is 15.6. The Balaban J connectivity index is 1.78. The van der Waals surface area contributed by atoms with Crippen LogP contribution in [-0.4, -0.2) is 41.2 Å². The topological polar surface area (TPSA) is 40.6 Å². The van der Waals surface area contributed by atoms with Crippen LogP contribution in [0.5, 0.6) is 0 Å². The molecule has 2 aromatic rings. The second-order valence-electron chi connectivity index (χ2n) is 10.6. The Morgan fingerprint density at radius 2 is 1.94 bits per heavy atom. The van der Waals surface area contributed by atoms with Gasteiger partial charge in [-0.2, -0.15) is 0 Å². The lowest BCUT2D eigenvalue weighted by atomic mass is 9.84. The molecule has 178 valence electrons. The molecular formula is C28H38N2O2S. The Morgan fingerprint density at radius 3 is 2.58 bits per heavy atom. The molecule has 0 bridgehead atoms. The summed E-state index contributed by atoms with van der Waals surface area (Å²) in [6.07, 6.45) is 4.00. The Bertz CT molecular complexity index is 971. The average Bonchev–Trinajstić information content (AvgIpc) is 3.20. The molecule has 1 aromatic heterocycles. The molecule has 5 heteroatoms. The monoisotopic (exact) mass is 466 g/mol. The van der Waals surface area contributed by atoms with E-state index in [0.29, 0.717) is 19.5 Å². The lowest BCUT2D eigenvalue weighted by Gasteiger charge is -2.37. The first kappa shape index (κ1) is 25.2. The van der Waals surface area contributed by atoms with Crippen molar-refractivity contribution in [1.82, 2.24) is 9.80 Å². The van der Waals surface area contributed by atoms with Crippen molar-refractivity contribution in [1.29, 1.82) is 0 Å². The quantitative estimate of drug-likeness (QED) is 0.447. The summed E-state index contributed by atoms with van der Waals surface area (Å²) in [5.74, 6) is 0.291. The Hall–Kier alpha value is -2.40. The van der Waals surface area contributed by atoms with E-state index in [1.54, 1.807) is 22.3 Å². The molecule has 3 rings (SSSR count). The molecular weight excluding hydrogens is 428 g/mol. The van der Waals surface area contributed by atoms with E-state index in [4.69, 9.17) is 0 Å². The van der Waals surface area contributed by atoms with E-state index < -0.39 is 0 Å². The maximum Gasteiger partial charge on any atom is 0.243 e. The van der Waals surface area contributed by atoms with Crippen LogP contribution < -0.4 is 0 Å². The van der Waals surface area contributed by atoms with Gasteiger partial charge in [0.2, 0.25) is 11.8 Å². The number of carbonyl (C=O) groups excluding carboxylic acids is 2. The van der Waals surface area contributed by atoms with E-state index in [9.17, 15) is 9.59 Å². The van der Waals surface area contributed by atoms with E-state index in [0.717, 1.165) is 18.4 Å². The number of fused-ring (bicyclic) bond motifs is 1. The van der Waals surface area contributed by atoms with Gasteiger partial charge in [0.05, 0.1) is 6.04 Å². The standard InChI is InChI=1S/C28H38N2O2S/c1-7-14-29(25(31)17-21(3)18-28(4,5)6)19-26(32)30-15-12-24-23(13-16-33-24)27(30)22-10-8-20(2)9-11-22/h7-11,13,16,21,27H,1,12,14-15,17-19H2,2-6H3. The van der Waals surface area contributed by atoms with Crippen molar-refractivity contribution in [3.8, 4) is 0 Å². The van der Waals surface area contributed by atoms with Gasteiger partial charge in [-0.1, -0.05) is 63.6 Å². The average molecular weight is 467 g/mol. The van der Waals surface area contributed by atoms with Gasteiger partial charge in [0.15, 0.2) is 0 Å². The summed E-state index contributed by atoms with van der Waals surface area (Å²) in [6, 6.07) is 10.5. The highest BCUT2D eigenvalue weighted by Crippen LogP contribution is 2.38. The van der Waals surface area contributed by atoms with Crippen molar-refractivity contribution in [2.24, 2.45) is 11.3 Å². The van der Waals surface area contributed by atoms with Crippen LogP contribution >= 0.6 is 11.3 Å². The number of aryl methyl sites for hydroxylation is 1. The lowest BCUT2D eigenvalue weighted by molar-refractivity contribution is -0.141. The Labute approximate surface area is 203 Å². The molecule has 2 atom stereocenters. The van der Waals surface area contributed by atoms with E-state index >= 15 is 0 Å². The molecule has 33 heavy (non-hydrogen) atoms. The van der Waals surface area contributed by atoms with Crippen molar-refractivity contribution >= 4 is 23.2 Å². The molecule has 1 aliphatic rings. The SMILES string of the molecule is C=CCN(CC(=O)N1CCc2sccc2C1c1ccc(C)cc1)C(=O)CC(C)CC(C)(C)C. The van der Waals surface area contributed by atoms with Gasteiger partial charge in [-0.25, -0.2) is 0 Å². The molecule has 0 spiro atoms. The van der Waals surface area contributed by atoms with Crippen LogP contribution in [0.3, 0.4) is 0 Å². The highest BCUT2D eigenvalue weighted by molar-refractivity contribution is 7.10. The van der Waals surface area contributed by atoms with Crippen LogP contribution in [0.25, 0.3) is 0 Å². The maximum atomic E-state index is 13.6. The molecule has 0 aliphatic carbocycles. The fourth-order valence-corrected chi connectivity index (χ4v) is 5.81. The maximum absolute atomic E-state index is 13.6. The summed E-state index contributed by atoms with van der Waals surface area (Å²) in [6.45, 7) is 15.7. The van der Waals surface area contributed by atoms with Crippen LogP contribution in [0.15, 0.2) is 48.4 Å². The number of thiophene rings is 1. The normalized spacial score (nSPS) is 16.8. The van der Waals surface area contributed by atoms with Crippen LogP contribution in [0.1, 0.15) is 68.1 Å². The summed E-state index contributed by atoms with van der Waals surface area (Å²) in [5, 5.41) is 2.12. The van der Waals surface area contributed by atoms with Crippen LogP contribution in [0.2, 0.25) is 0 Å². The van der Waals surface area contributed by atoms with Gasteiger partial charge in [-0.3, -0.25) is 9.59 Å². The largest absolute Gasteiger partial charge is 0.330 e. The number of rotatable bonds is 8. The molecule has 0 radical (unpaired) electrons. The predicted octanol–water partition coefficient (Wildman–Crippen LogP) is 6.01. The smallest absolute Gasteiger partial charge is 0.243 e. The Kier molecular flexibility index (Phi) is 8.17. The predicted molar refractivity (Wildman–Crippen MR) is 137 cm³/mol. The fraction of sp³-hybridized carbons (Fsp3) is 0.500. The van der Waals surface area contributed by atoms with Crippen LogP contribution in [0, 0.1) is 18.3 Å². The third kappa shape index (κ3) is 6.57. The van der Waals surface area contributed by atoms with Gasteiger partial charge in [0.1, 0.15) is 6.54 Å². The van der Waals surface area contributed by atoms with Crippen molar-refractivity contribution in [2.45, 2.75) is 59.9 Å². The number of benzene rings is 1. The highest BCUT2D eigenvalue weighted by Gasteiger charge is 2.34. The van der Waals surface area contributed by atoms with Gasteiger partial charge in [0.25, 0.3) is 0 Å². The molecule has 0 saturated heterocycles. The molecule has 0 N–H and O–H groups in total. The minimum atomic E-state index is -0.103. The summed E-state index contributed by atoms with van der Waals surface area (Å²) < 4.78 is 0. The molecule has 0 fully saturated rings. The second-order valence-corrected chi connectivity index (χ2v) is 11.6. The zero-order valence-corrected chi connectivity index (χ0v) is 21.6. The van der Waals surface area contributed by atoms with Crippen molar-refractivity contribution in [2.75, 3.05) is 19.6 Å². The zero-order chi connectivity index (χ0) is 24.2. The zero-order valence-electron chi connectivity index (χ0n) is 20.8. The van der Waals surface area contributed by atoms with Gasteiger partial charge in [0, 0.05) is 24.4 Å². The van der Waals surface area contributed by atoms with E-state index in [-0.39, 0.29) is 35.7 Å². The molecule has 1 aromatic carbocycles. The minimum Gasteiger partial charge on any atom is -0.330 e. The van der Waals surface area contributed by atoms with Gasteiger partial charge in [-0.15, -0.1) is 17.9 Å². The number of amides is 2. The van der Waals surface area contributed by atoms with E-state index in [2.05, 4.69) is 76.9 Å². The number of hydrogen-bond acceptors (Lipinski definition) is 3. The van der Waals surface area contributed by atoms with E-state index in [1.807, 2.05) is 4.90 Å². The third-order valence-corrected chi connectivity index (χ3v) is 7.19. The first-order valence-electron chi connectivity index (χ1n) is 11.9. The second kappa shape index (κ2) is 10.7. The fourth-order valence-electron chi connectivity index (χ4n) is 4.90. The van der Waals surface area contributed by atoms with Crippen LogP contribution in [0.4, 0.5) is 0 Å². The molecule has 2 heterocycles. The van der Waals surface area contributed by atoms with Gasteiger partial charge >= 0.3 is 0 Å². The van der Waals surface area contributed by atoms with E-state index in [1.165, 1.54) is 16.0 Å². The summed E-state index contributed by atoms with van der Waals surface area (Å²) in [4.78, 5) is 31.7. The molecule has 2 amide bonds. The van der Waals surface area contributed by atoms with Crippen molar-refractivity contribution in [3.05, 3.63) is 69.9 Å². The molecule has 2 unspecified atom stereocenters. The third-order valence-electron chi connectivity index (χ3n) is 6.19. The molecule has 4 nitrogen and oxygen atoms in total. The number of nitrogens with zero attached hydrogens (tertiary/aromatic N) is 2.